The number of carbonyl (C=O) groups excluding carboxylic acids is 1. The van der Waals surface area contributed by atoms with Crippen molar-refractivity contribution in [1.82, 2.24) is 4.72 Å². The van der Waals surface area contributed by atoms with Gasteiger partial charge >= 0.3 is 6.18 Å². The molecule has 3 rings (SSSR count). The molecule has 1 amide bonds. The van der Waals surface area contributed by atoms with Gasteiger partial charge in [0.1, 0.15) is 12.3 Å². The van der Waals surface area contributed by atoms with E-state index in [0.717, 1.165) is 35.4 Å². The van der Waals surface area contributed by atoms with Crippen molar-refractivity contribution in [2.24, 2.45) is 0 Å². The Kier molecular flexibility index (Phi) is 5.94. The summed E-state index contributed by atoms with van der Waals surface area (Å²) < 4.78 is 67.1. The van der Waals surface area contributed by atoms with Crippen molar-refractivity contribution in [3.63, 3.8) is 0 Å². The highest BCUT2D eigenvalue weighted by atomic mass is 32.2. The van der Waals surface area contributed by atoms with Gasteiger partial charge in [-0.1, -0.05) is 6.07 Å². The third-order valence-electron chi connectivity index (χ3n) is 4.04. The molecule has 0 unspecified atom stereocenters. The molecule has 1 heterocycles. The van der Waals surface area contributed by atoms with E-state index in [1.807, 2.05) is 18.2 Å². The quantitative estimate of drug-likeness (QED) is 0.696. The number of carbonyl (C=O) groups is 1. The zero-order valence-corrected chi connectivity index (χ0v) is 15.8. The first-order chi connectivity index (χ1) is 13.6. The summed E-state index contributed by atoms with van der Waals surface area (Å²) in [5, 5.41) is 2.55. The zero-order valence-electron chi connectivity index (χ0n) is 15.0. The van der Waals surface area contributed by atoms with Crippen molar-refractivity contribution in [3.8, 4) is 5.75 Å². The Hall–Kier alpha value is -2.85. The molecule has 10 heteroatoms. The Morgan fingerprint density at radius 1 is 1.14 bits per heavy atom. The Bertz CT molecular complexity index is 1030. The molecule has 29 heavy (non-hydrogen) atoms. The van der Waals surface area contributed by atoms with Crippen LogP contribution >= 0.6 is 0 Å². The van der Waals surface area contributed by atoms with Crippen LogP contribution < -0.4 is 14.8 Å². The van der Waals surface area contributed by atoms with E-state index in [1.165, 1.54) is 22.9 Å². The van der Waals surface area contributed by atoms with Gasteiger partial charge < -0.3 is 10.1 Å². The average Bonchev–Trinajstić information content (AvgIpc) is 3.13. The van der Waals surface area contributed by atoms with Crippen LogP contribution in [0.5, 0.6) is 5.75 Å². The summed E-state index contributed by atoms with van der Waals surface area (Å²) in [7, 11) is -4.30. The number of halogens is 3. The van der Waals surface area contributed by atoms with Crippen molar-refractivity contribution in [3.05, 3.63) is 59.7 Å². The molecule has 6 nitrogen and oxygen atoms in total. The summed E-state index contributed by atoms with van der Waals surface area (Å²) in [6.07, 6.45) is -0.879. The van der Waals surface area contributed by atoms with Gasteiger partial charge in [-0.15, -0.1) is 0 Å². The Balaban J connectivity index is 1.60. The molecule has 2 N–H and O–H groups in total. The second-order valence-corrected chi connectivity index (χ2v) is 8.02. The average molecular weight is 426 g/mol. The van der Waals surface area contributed by atoms with Crippen LogP contribution in [0.2, 0.25) is 0 Å². The van der Waals surface area contributed by atoms with E-state index in [0.29, 0.717) is 12.3 Å². The molecule has 0 bridgehead atoms. The molecule has 1 aliphatic heterocycles. The van der Waals surface area contributed by atoms with Gasteiger partial charge in [0.05, 0.1) is 11.5 Å². The van der Waals surface area contributed by atoms with Gasteiger partial charge in [0.15, 0.2) is 0 Å². The molecule has 0 saturated carbocycles. The highest BCUT2D eigenvalue weighted by molar-refractivity contribution is 7.89. The summed E-state index contributed by atoms with van der Waals surface area (Å²) in [5.74, 6) is 0.402. The number of rotatable bonds is 6. The van der Waals surface area contributed by atoms with E-state index in [4.69, 9.17) is 4.74 Å². The van der Waals surface area contributed by atoms with E-state index in [2.05, 4.69) is 5.32 Å². The molecular weight excluding hydrogens is 409 g/mol. The number of ether oxygens (including phenoxy) is 1. The number of hydrogen-bond acceptors (Lipinski definition) is 4. The third-order valence-corrected chi connectivity index (χ3v) is 5.45. The predicted molar refractivity (Wildman–Crippen MR) is 101 cm³/mol. The molecule has 0 saturated heterocycles. The number of fused-ring (bicyclic) bond motifs is 1. The lowest BCUT2D eigenvalue weighted by atomic mass is 10.1. The first kappa shape index (κ1) is 20.9. The first-order valence-electron chi connectivity index (χ1n) is 8.54. The molecule has 0 fully saturated rings. The molecule has 2 aromatic carbocycles. The summed E-state index contributed by atoms with van der Waals surface area (Å²) in [6, 6.07) is 10.4. The van der Waals surface area contributed by atoms with Crippen molar-refractivity contribution in [1.29, 1.82) is 0 Å². The van der Waals surface area contributed by atoms with Gasteiger partial charge in [0, 0.05) is 18.2 Å². The maximum absolute atomic E-state index is 12.2. The minimum absolute atomic E-state index is 0.303. The summed E-state index contributed by atoms with van der Waals surface area (Å²) in [5.41, 5.74) is 2.21. The molecule has 2 aromatic rings. The number of sulfonamides is 1. The molecule has 0 aromatic heterocycles. The standard InChI is InChI=1S/C19H17F3N2O4S/c20-19(21,22)12-23-29(26,27)16-5-3-15(4-6-16)24-18(25)8-2-13-1-7-17-14(11-13)9-10-28-17/h1-8,11,23H,9-10,12H2,(H,24,25)/b8-2+. The van der Waals surface area contributed by atoms with Gasteiger partial charge in [0.25, 0.3) is 0 Å². The van der Waals surface area contributed by atoms with E-state index < -0.39 is 28.7 Å². The van der Waals surface area contributed by atoms with Crippen LogP contribution in [0.3, 0.4) is 0 Å². The number of benzene rings is 2. The summed E-state index contributed by atoms with van der Waals surface area (Å²) in [6.45, 7) is -1.02. The van der Waals surface area contributed by atoms with Gasteiger partial charge in [0.2, 0.25) is 15.9 Å². The number of anilines is 1. The summed E-state index contributed by atoms with van der Waals surface area (Å²) >= 11 is 0. The predicted octanol–water partition coefficient (Wildman–Crippen LogP) is 3.11. The fraction of sp³-hybridized carbons (Fsp3) is 0.211. The van der Waals surface area contributed by atoms with Crippen molar-refractivity contribution in [2.45, 2.75) is 17.5 Å². The number of hydrogen-bond donors (Lipinski definition) is 2. The molecule has 0 spiro atoms. The fourth-order valence-corrected chi connectivity index (χ4v) is 3.66. The van der Waals surface area contributed by atoms with Crippen LogP contribution in [0, 0.1) is 0 Å². The van der Waals surface area contributed by atoms with Crippen LogP contribution in [0.4, 0.5) is 18.9 Å². The van der Waals surface area contributed by atoms with Crippen LogP contribution in [0.15, 0.2) is 53.4 Å². The van der Waals surface area contributed by atoms with Crippen LogP contribution in [-0.2, 0) is 21.2 Å². The van der Waals surface area contributed by atoms with Gasteiger partial charge in [-0.3, -0.25) is 4.79 Å². The lowest BCUT2D eigenvalue weighted by molar-refractivity contribution is -0.121. The Morgan fingerprint density at radius 3 is 2.55 bits per heavy atom. The molecule has 154 valence electrons. The van der Waals surface area contributed by atoms with Crippen LogP contribution in [-0.4, -0.2) is 33.7 Å². The summed E-state index contributed by atoms with van der Waals surface area (Å²) in [4.78, 5) is 11.7. The highest BCUT2D eigenvalue weighted by Gasteiger charge is 2.30. The van der Waals surface area contributed by atoms with Crippen molar-refractivity contribution < 1.29 is 31.1 Å². The SMILES string of the molecule is O=C(/C=C/c1ccc2c(c1)CCO2)Nc1ccc(S(=O)(=O)NCC(F)(F)F)cc1. The van der Waals surface area contributed by atoms with Gasteiger partial charge in [-0.2, -0.15) is 13.2 Å². The molecule has 0 radical (unpaired) electrons. The number of nitrogens with one attached hydrogen (secondary N) is 2. The van der Waals surface area contributed by atoms with Crippen LogP contribution in [0.25, 0.3) is 6.08 Å². The van der Waals surface area contributed by atoms with Gasteiger partial charge in [-0.25, -0.2) is 13.1 Å². The van der Waals surface area contributed by atoms with Crippen LogP contribution in [0.1, 0.15) is 11.1 Å². The maximum atomic E-state index is 12.2. The molecule has 1 aliphatic rings. The molecular formula is C19H17F3N2O4S. The smallest absolute Gasteiger partial charge is 0.402 e. The largest absolute Gasteiger partial charge is 0.493 e. The number of amides is 1. The number of alkyl halides is 3. The van der Waals surface area contributed by atoms with E-state index in [9.17, 15) is 26.4 Å². The Labute approximate surface area is 165 Å². The second-order valence-electron chi connectivity index (χ2n) is 6.25. The lowest BCUT2D eigenvalue weighted by Gasteiger charge is -2.10. The van der Waals surface area contributed by atoms with Gasteiger partial charge in [-0.05, 0) is 53.6 Å². The van der Waals surface area contributed by atoms with E-state index >= 15 is 0 Å². The topological polar surface area (TPSA) is 84.5 Å². The maximum Gasteiger partial charge on any atom is 0.402 e. The minimum atomic E-state index is -4.65. The van der Waals surface area contributed by atoms with Crippen molar-refractivity contribution >= 4 is 27.7 Å². The highest BCUT2D eigenvalue weighted by Crippen LogP contribution is 2.26. The molecule has 0 aliphatic carbocycles. The fourth-order valence-electron chi connectivity index (χ4n) is 2.64. The Morgan fingerprint density at radius 2 is 1.86 bits per heavy atom. The first-order valence-corrected chi connectivity index (χ1v) is 10.0. The third kappa shape index (κ3) is 5.81. The van der Waals surface area contributed by atoms with E-state index in [1.54, 1.807) is 6.08 Å². The monoisotopic (exact) mass is 426 g/mol. The molecule has 0 atom stereocenters. The zero-order chi connectivity index (χ0) is 21.1. The lowest BCUT2D eigenvalue weighted by Crippen LogP contribution is -2.33. The van der Waals surface area contributed by atoms with E-state index in [-0.39, 0.29) is 4.90 Å². The second kappa shape index (κ2) is 8.26. The minimum Gasteiger partial charge on any atom is -0.493 e. The van der Waals surface area contributed by atoms with Crippen molar-refractivity contribution in [2.75, 3.05) is 18.5 Å². The normalized spacial score (nSPS) is 13.9.